The summed E-state index contributed by atoms with van der Waals surface area (Å²) in [6.07, 6.45) is 13.8. The van der Waals surface area contributed by atoms with Crippen LogP contribution in [0.3, 0.4) is 0 Å². The maximum Gasteiger partial charge on any atom is 0.422 e. The van der Waals surface area contributed by atoms with E-state index in [0.717, 1.165) is 5.56 Å². The summed E-state index contributed by atoms with van der Waals surface area (Å²) in [5.41, 5.74) is 9.30. The molecule has 4 N–H and O–H groups in total. The molecule has 8 rings (SSSR count). The molecule has 2 amide bonds. The summed E-state index contributed by atoms with van der Waals surface area (Å²) in [7, 11) is 5.03. The molecule has 8 atom stereocenters. The highest BCUT2D eigenvalue weighted by molar-refractivity contribution is 6.01. The van der Waals surface area contributed by atoms with Crippen molar-refractivity contribution in [3.8, 4) is 0 Å². The number of fused-ring (bicyclic) bond motifs is 2. The number of hydrogen-bond donors (Lipinski definition) is 3. The highest BCUT2D eigenvalue weighted by atomic mass is 16.5. The molecule has 0 spiro atoms. The number of carbonyl (C=O) groups excluding carboxylic acids is 2. The minimum atomic E-state index is -0.820. The molecule has 5 aliphatic rings. The number of likely N-dealkylation sites (N-methyl/N-ethyl adjacent to an activating group) is 2. The van der Waals surface area contributed by atoms with Crippen LogP contribution in [0.2, 0.25) is 0 Å². The van der Waals surface area contributed by atoms with Crippen molar-refractivity contribution in [3.05, 3.63) is 111 Å². The molecule has 1 aliphatic heterocycles. The van der Waals surface area contributed by atoms with E-state index in [1.54, 1.807) is 16.8 Å². The molecule has 2 fully saturated rings. The second-order valence-corrected chi connectivity index (χ2v) is 16.3. The van der Waals surface area contributed by atoms with Crippen LogP contribution in [0.4, 0.5) is 5.69 Å². The van der Waals surface area contributed by atoms with Gasteiger partial charge in [-0.15, -0.1) is 0 Å². The molecule has 0 radical (unpaired) electrons. The van der Waals surface area contributed by atoms with E-state index in [1.807, 2.05) is 37.9 Å². The average Bonchev–Trinajstić information content (AvgIpc) is 3.60. The van der Waals surface area contributed by atoms with Crippen molar-refractivity contribution in [2.45, 2.75) is 56.7 Å². The second-order valence-electron chi connectivity index (χ2n) is 16.3. The minimum absolute atomic E-state index is 0.0224. The monoisotopic (exact) mass is 778 g/mol. The van der Waals surface area contributed by atoms with Crippen molar-refractivity contribution in [1.29, 1.82) is 5.41 Å². The van der Waals surface area contributed by atoms with Crippen molar-refractivity contribution in [2.75, 3.05) is 52.7 Å². The molecular weight excluding hydrogens is 725 g/mol. The summed E-state index contributed by atoms with van der Waals surface area (Å²) in [4.78, 5) is 56.7. The largest absolute Gasteiger partial charge is 0.422 e. The Labute approximate surface area is 332 Å². The number of anilines is 1. The number of aryl methyl sites for hydroxylation is 1. The van der Waals surface area contributed by atoms with E-state index in [2.05, 4.69) is 42.5 Å². The van der Waals surface area contributed by atoms with Gasteiger partial charge in [0.2, 0.25) is 5.91 Å². The van der Waals surface area contributed by atoms with Crippen LogP contribution in [-0.4, -0.2) is 101 Å². The quantitative estimate of drug-likeness (QED) is 0.100. The highest BCUT2D eigenvalue weighted by Gasteiger charge is 2.61. The number of carbonyl (C=O) groups is 2. The number of aromatic nitrogens is 1. The molecule has 57 heavy (non-hydrogen) atoms. The maximum atomic E-state index is 13.7. The number of hydrogen-bond acceptors (Lipinski definition) is 10. The standard InChI is InChI=1S/C44H54N6O7/c1-6-9-32-38-29-10-7-8-11-33(29)44(39(32)46,34-24-28(45)13-15-30(34)38)17-16-37(51)47(3)18-20-56-21-19-48(4)41(53)36-22-26(2)25-50(36)40(52)27-12-14-31-35(23-27)49(5)43(55)57-42(31)54/h6-15,23-24,26,29,32-33,36-38,46,51H,16-22,25,45H2,1-5H3/b9-6-,46-39?/t26-,29?,32?,33?,36?,37?,38?,44?/m0/s1. The lowest BCUT2D eigenvalue weighted by Crippen LogP contribution is -2.60. The van der Waals surface area contributed by atoms with E-state index in [-0.39, 0.29) is 64.5 Å². The van der Waals surface area contributed by atoms with E-state index in [1.165, 1.54) is 35.4 Å². The smallest absolute Gasteiger partial charge is 0.399 e. The Morgan fingerprint density at radius 3 is 2.65 bits per heavy atom. The Hall–Kier alpha value is -5.11. The molecule has 4 aliphatic carbocycles. The van der Waals surface area contributed by atoms with E-state index < -0.39 is 29.1 Å². The zero-order valence-electron chi connectivity index (χ0n) is 33.4. The molecule has 2 aromatic carbocycles. The van der Waals surface area contributed by atoms with Gasteiger partial charge in [0.05, 0.1) is 24.1 Å². The number of nitrogens with one attached hydrogen (secondary N) is 1. The fourth-order valence-electron chi connectivity index (χ4n) is 9.88. The van der Waals surface area contributed by atoms with Gasteiger partial charge in [-0.25, -0.2) is 9.59 Å². The molecule has 2 heterocycles. The van der Waals surface area contributed by atoms with Crippen LogP contribution in [0.25, 0.3) is 10.9 Å². The van der Waals surface area contributed by atoms with Gasteiger partial charge in [-0.3, -0.25) is 19.1 Å². The summed E-state index contributed by atoms with van der Waals surface area (Å²) in [6, 6.07) is 9.98. The van der Waals surface area contributed by atoms with E-state index in [4.69, 9.17) is 14.9 Å². The topological polar surface area (TPSA) is 175 Å². The van der Waals surface area contributed by atoms with E-state index in [0.29, 0.717) is 56.9 Å². The molecule has 7 unspecified atom stereocenters. The number of likely N-dealkylation sites (tertiary alicyclic amines) is 1. The minimum Gasteiger partial charge on any atom is -0.399 e. The third-order valence-corrected chi connectivity index (χ3v) is 12.9. The van der Waals surface area contributed by atoms with Crippen molar-refractivity contribution in [1.82, 2.24) is 19.3 Å². The first-order valence-corrected chi connectivity index (χ1v) is 19.9. The average molecular weight is 779 g/mol. The summed E-state index contributed by atoms with van der Waals surface area (Å²) in [5.74, 6) is -0.755. The van der Waals surface area contributed by atoms with Crippen LogP contribution in [0.15, 0.2) is 86.9 Å². The van der Waals surface area contributed by atoms with E-state index in [9.17, 15) is 29.7 Å². The number of aliphatic hydroxyl groups excluding tert-OH is 1. The highest BCUT2D eigenvalue weighted by Crippen LogP contribution is 2.63. The third kappa shape index (κ3) is 7.10. The number of nitrogens with two attached hydrogens (primary N) is 1. The molecule has 1 aromatic heterocycles. The molecule has 1 saturated carbocycles. The van der Waals surface area contributed by atoms with E-state index >= 15 is 0 Å². The number of nitrogen functional groups attached to an aromatic ring is 1. The van der Waals surface area contributed by atoms with Gasteiger partial charge in [0.1, 0.15) is 12.3 Å². The SMILES string of the molecule is C/C=C\C1C(=N)C2(CCC(O)N(C)CCOCCN(C)C(=O)C3C[C@H](C)CN3C(=O)c3ccc4c(=O)oc(=O)n(C)c4c3)c3cc(N)ccc3C1C1C=CC=CC12. The first kappa shape index (κ1) is 40.1. The predicted molar refractivity (Wildman–Crippen MR) is 219 cm³/mol. The Bertz CT molecular complexity index is 2280. The number of rotatable bonds is 13. The zero-order chi connectivity index (χ0) is 40.8. The molecule has 2 bridgehead atoms. The number of amides is 2. The van der Waals surface area contributed by atoms with Crippen LogP contribution in [0, 0.1) is 29.1 Å². The second kappa shape index (κ2) is 16.0. The van der Waals surface area contributed by atoms with Crippen LogP contribution in [-0.2, 0) is 22.0 Å². The van der Waals surface area contributed by atoms with Gasteiger partial charge in [0.15, 0.2) is 0 Å². The molecule has 13 nitrogen and oxygen atoms in total. The number of allylic oxidation sites excluding steroid dienone is 6. The molecule has 13 heteroatoms. The van der Waals surface area contributed by atoms with Crippen LogP contribution >= 0.6 is 0 Å². The Morgan fingerprint density at radius 1 is 1.12 bits per heavy atom. The van der Waals surface area contributed by atoms with Gasteiger partial charge in [-0.1, -0.05) is 49.4 Å². The summed E-state index contributed by atoms with van der Waals surface area (Å²) >= 11 is 0. The lowest BCUT2D eigenvalue weighted by atomic mass is 9.43. The van der Waals surface area contributed by atoms with Gasteiger partial charge in [0.25, 0.3) is 5.91 Å². The van der Waals surface area contributed by atoms with Gasteiger partial charge >= 0.3 is 11.4 Å². The van der Waals surface area contributed by atoms with Crippen LogP contribution < -0.4 is 17.1 Å². The van der Waals surface area contributed by atoms with Crippen molar-refractivity contribution < 1.29 is 23.8 Å². The van der Waals surface area contributed by atoms with Gasteiger partial charge in [0, 0.05) is 67.9 Å². The number of ether oxygens (including phenoxy) is 1. The lowest BCUT2D eigenvalue weighted by molar-refractivity contribution is -0.134. The Balaban J connectivity index is 0.933. The predicted octanol–water partition coefficient (Wildman–Crippen LogP) is 4.05. The van der Waals surface area contributed by atoms with Crippen molar-refractivity contribution in [3.63, 3.8) is 0 Å². The maximum absolute atomic E-state index is 13.7. The molecular formula is C44H54N6O7. The zero-order valence-corrected chi connectivity index (χ0v) is 33.4. The Morgan fingerprint density at radius 2 is 1.88 bits per heavy atom. The van der Waals surface area contributed by atoms with Gasteiger partial charge < -0.3 is 35.2 Å². The first-order chi connectivity index (χ1) is 27.3. The molecule has 302 valence electrons. The first-order valence-electron chi connectivity index (χ1n) is 19.9. The summed E-state index contributed by atoms with van der Waals surface area (Å²) in [6.45, 7) is 5.80. The van der Waals surface area contributed by atoms with Gasteiger partial charge in [-0.05, 0) is 92.4 Å². The molecule has 1 saturated heterocycles. The van der Waals surface area contributed by atoms with Crippen molar-refractivity contribution >= 4 is 34.1 Å². The number of aliphatic hydroxyl groups is 1. The normalized spacial score (nSPS) is 26.7. The third-order valence-electron chi connectivity index (χ3n) is 12.9. The van der Waals surface area contributed by atoms with Gasteiger partial charge in [-0.2, -0.15) is 0 Å². The number of nitrogens with zero attached hydrogens (tertiary/aromatic N) is 4. The fourth-order valence-corrected chi connectivity index (χ4v) is 9.88. The van der Waals surface area contributed by atoms with Crippen molar-refractivity contribution in [2.24, 2.45) is 30.7 Å². The van der Waals surface area contributed by atoms with Crippen LogP contribution in [0.5, 0.6) is 0 Å². The lowest BCUT2D eigenvalue weighted by Gasteiger charge is -2.60. The fraction of sp³-hybridized carbons (Fsp3) is 0.477. The number of benzene rings is 2. The Kier molecular flexibility index (Phi) is 11.3. The summed E-state index contributed by atoms with van der Waals surface area (Å²) in [5, 5.41) is 21.3. The molecule has 3 aromatic rings. The summed E-state index contributed by atoms with van der Waals surface area (Å²) < 4.78 is 11.9. The van der Waals surface area contributed by atoms with Crippen LogP contribution in [0.1, 0.15) is 60.5 Å².